The quantitative estimate of drug-likeness (QED) is 0.640. The molecule has 0 atom stereocenters. The first kappa shape index (κ1) is 21.6. The fraction of sp³-hybridized carbons (Fsp3) is 0.417. The van der Waals surface area contributed by atoms with Crippen LogP contribution in [0.25, 0.3) is 0 Å². The Kier molecular flexibility index (Phi) is 7.43. The lowest BCUT2D eigenvalue weighted by molar-refractivity contribution is 0.0516. The van der Waals surface area contributed by atoms with Crippen molar-refractivity contribution in [2.75, 3.05) is 70.7 Å². The van der Waals surface area contributed by atoms with Gasteiger partial charge in [0.1, 0.15) is 0 Å². The molecule has 31 heavy (non-hydrogen) atoms. The number of ether oxygens (including phenoxy) is 3. The van der Waals surface area contributed by atoms with Gasteiger partial charge in [-0.1, -0.05) is 36.4 Å². The maximum atomic E-state index is 13.3. The second-order valence-corrected chi connectivity index (χ2v) is 7.48. The lowest BCUT2D eigenvalue weighted by Gasteiger charge is -2.29. The van der Waals surface area contributed by atoms with Crippen LogP contribution in [0.4, 0.5) is 5.69 Å². The zero-order valence-electron chi connectivity index (χ0n) is 17.6. The van der Waals surface area contributed by atoms with Crippen molar-refractivity contribution in [1.82, 2.24) is 5.32 Å². The van der Waals surface area contributed by atoms with E-state index >= 15 is 0 Å². The highest BCUT2D eigenvalue weighted by molar-refractivity contribution is 6.30. The Hall–Kier alpha value is -2.58. The molecular weight excluding hydrogens is 396 g/mol. The summed E-state index contributed by atoms with van der Waals surface area (Å²) in [4.78, 5) is 28.5. The molecular formula is C24H28N2O5. The fourth-order valence-electron chi connectivity index (χ4n) is 3.93. The Bertz CT molecular complexity index is 914. The number of ketones is 2. The van der Waals surface area contributed by atoms with E-state index < -0.39 is 0 Å². The summed E-state index contributed by atoms with van der Waals surface area (Å²) in [6, 6.07) is 12.5. The van der Waals surface area contributed by atoms with Gasteiger partial charge >= 0.3 is 0 Å². The van der Waals surface area contributed by atoms with Gasteiger partial charge in [-0.05, 0) is 6.07 Å². The highest BCUT2D eigenvalue weighted by Crippen LogP contribution is 2.33. The lowest BCUT2D eigenvalue weighted by atomic mass is 9.83. The number of anilines is 1. The van der Waals surface area contributed by atoms with E-state index in [2.05, 4.69) is 10.2 Å². The Morgan fingerprint density at radius 2 is 1.23 bits per heavy atom. The molecule has 0 aromatic heterocycles. The monoisotopic (exact) mass is 424 g/mol. The first-order valence-corrected chi connectivity index (χ1v) is 10.8. The molecule has 2 aromatic carbocycles. The van der Waals surface area contributed by atoms with Gasteiger partial charge in [-0.2, -0.15) is 0 Å². The van der Waals surface area contributed by atoms with Crippen LogP contribution in [0.5, 0.6) is 0 Å². The second kappa shape index (κ2) is 10.6. The first-order valence-electron chi connectivity index (χ1n) is 10.8. The van der Waals surface area contributed by atoms with Gasteiger partial charge < -0.3 is 24.4 Å². The van der Waals surface area contributed by atoms with Gasteiger partial charge in [0.05, 0.1) is 45.2 Å². The van der Waals surface area contributed by atoms with Gasteiger partial charge in [0.25, 0.3) is 0 Å². The van der Waals surface area contributed by atoms with Crippen LogP contribution in [0.2, 0.25) is 0 Å². The second-order valence-electron chi connectivity index (χ2n) is 7.48. The highest BCUT2D eigenvalue weighted by atomic mass is 16.5. The van der Waals surface area contributed by atoms with Crippen molar-refractivity contribution in [3.8, 4) is 0 Å². The molecule has 0 unspecified atom stereocenters. The molecule has 1 heterocycles. The summed E-state index contributed by atoms with van der Waals surface area (Å²) in [5, 5.41) is 3.27. The third-order valence-corrected chi connectivity index (χ3v) is 5.50. The van der Waals surface area contributed by atoms with Gasteiger partial charge in [0.15, 0.2) is 11.6 Å². The smallest absolute Gasteiger partial charge is 0.196 e. The number of nitrogens with zero attached hydrogens (tertiary/aromatic N) is 1. The number of hydrogen-bond acceptors (Lipinski definition) is 7. The van der Waals surface area contributed by atoms with E-state index in [4.69, 9.17) is 14.2 Å². The van der Waals surface area contributed by atoms with Crippen LogP contribution in [-0.2, 0) is 14.2 Å². The number of benzene rings is 2. The molecule has 4 rings (SSSR count). The SMILES string of the molecule is O=C1c2ccccc2C(=O)c2c1cccc2N1CCOCCNCCOCCOCC1. The molecule has 7 nitrogen and oxygen atoms in total. The number of fused-ring (bicyclic) bond motifs is 2. The van der Waals surface area contributed by atoms with E-state index in [0.29, 0.717) is 75.0 Å². The lowest BCUT2D eigenvalue weighted by Crippen LogP contribution is -2.34. The first-order chi connectivity index (χ1) is 15.3. The zero-order valence-corrected chi connectivity index (χ0v) is 17.6. The number of rotatable bonds is 1. The summed E-state index contributed by atoms with van der Waals surface area (Å²) in [7, 11) is 0. The Labute approximate surface area is 182 Å². The van der Waals surface area contributed by atoms with Crippen molar-refractivity contribution in [1.29, 1.82) is 0 Å². The summed E-state index contributed by atoms with van der Waals surface area (Å²) < 4.78 is 17.0. The predicted molar refractivity (Wildman–Crippen MR) is 117 cm³/mol. The minimum Gasteiger partial charge on any atom is -0.378 e. The average Bonchev–Trinajstić information content (AvgIpc) is 2.81. The van der Waals surface area contributed by atoms with E-state index in [0.717, 1.165) is 18.8 Å². The van der Waals surface area contributed by atoms with E-state index in [9.17, 15) is 9.59 Å². The molecule has 0 spiro atoms. The maximum absolute atomic E-state index is 13.3. The van der Waals surface area contributed by atoms with Crippen LogP contribution < -0.4 is 10.2 Å². The number of hydrogen-bond donors (Lipinski definition) is 1. The molecule has 1 aliphatic heterocycles. The molecule has 1 fully saturated rings. The Morgan fingerprint density at radius 1 is 0.645 bits per heavy atom. The largest absolute Gasteiger partial charge is 0.378 e. The molecule has 2 aliphatic rings. The molecule has 0 radical (unpaired) electrons. The molecule has 0 amide bonds. The summed E-state index contributed by atoms with van der Waals surface area (Å²) in [6.07, 6.45) is 0. The van der Waals surface area contributed by atoms with Crippen LogP contribution in [0, 0.1) is 0 Å². The number of nitrogens with one attached hydrogen (secondary N) is 1. The summed E-state index contributed by atoms with van der Waals surface area (Å²) in [5.74, 6) is -0.225. The van der Waals surface area contributed by atoms with Crippen LogP contribution in [0.1, 0.15) is 31.8 Å². The Balaban J connectivity index is 1.59. The standard InChI is InChI=1S/C24H28N2O5/c27-23-18-4-1-2-5-19(18)24(28)22-20(23)6-3-7-21(22)26-10-14-29-12-8-25-9-13-30-16-17-31-15-11-26/h1-7,25H,8-17H2. The maximum Gasteiger partial charge on any atom is 0.196 e. The van der Waals surface area contributed by atoms with Gasteiger partial charge in [0, 0.05) is 48.6 Å². The van der Waals surface area contributed by atoms with Gasteiger partial charge in [0.2, 0.25) is 0 Å². The topological polar surface area (TPSA) is 77.1 Å². The summed E-state index contributed by atoms with van der Waals surface area (Å²) in [6.45, 7) is 6.02. The third-order valence-electron chi connectivity index (χ3n) is 5.50. The van der Waals surface area contributed by atoms with E-state index in [-0.39, 0.29) is 11.6 Å². The molecule has 1 aliphatic carbocycles. The van der Waals surface area contributed by atoms with Crippen LogP contribution in [0.15, 0.2) is 42.5 Å². The minimum atomic E-state index is -0.115. The van der Waals surface area contributed by atoms with Crippen molar-refractivity contribution in [2.24, 2.45) is 0 Å². The molecule has 0 bridgehead atoms. The average molecular weight is 424 g/mol. The van der Waals surface area contributed by atoms with Gasteiger partial charge in [-0.3, -0.25) is 9.59 Å². The normalized spacial score (nSPS) is 19.2. The van der Waals surface area contributed by atoms with Gasteiger partial charge in [-0.15, -0.1) is 0 Å². The van der Waals surface area contributed by atoms with Gasteiger partial charge in [-0.25, -0.2) is 0 Å². The zero-order chi connectivity index (χ0) is 21.5. The van der Waals surface area contributed by atoms with Crippen LogP contribution in [-0.4, -0.2) is 77.4 Å². The summed E-state index contributed by atoms with van der Waals surface area (Å²) >= 11 is 0. The molecule has 0 saturated carbocycles. The van der Waals surface area contributed by atoms with Crippen molar-refractivity contribution in [2.45, 2.75) is 0 Å². The highest BCUT2D eigenvalue weighted by Gasteiger charge is 2.32. The number of carbonyl (C=O) groups is 2. The van der Waals surface area contributed by atoms with Crippen LogP contribution in [0.3, 0.4) is 0 Å². The number of carbonyl (C=O) groups excluding carboxylic acids is 2. The molecule has 2 aromatic rings. The van der Waals surface area contributed by atoms with E-state index in [1.165, 1.54) is 0 Å². The van der Waals surface area contributed by atoms with Crippen molar-refractivity contribution in [3.63, 3.8) is 0 Å². The predicted octanol–water partition coefficient (Wildman–Crippen LogP) is 1.92. The fourth-order valence-corrected chi connectivity index (χ4v) is 3.93. The molecule has 7 heteroatoms. The van der Waals surface area contributed by atoms with E-state index in [1.807, 2.05) is 12.1 Å². The molecule has 1 saturated heterocycles. The molecule has 1 N–H and O–H groups in total. The van der Waals surface area contributed by atoms with Crippen LogP contribution >= 0.6 is 0 Å². The van der Waals surface area contributed by atoms with Crippen molar-refractivity contribution in [3.05, 3.63) is 64.7 Å². The van der Waals surface area contributed by atoms with Crippen molar-refractivity contribution >= 4 is 17.3 Å². The summed E-state index contributed by atoms with van der Waals surface area (Å²) in [5.41, 5.74) is 2.59. The molecule has 164 valence electrons. The Morgan fingerprint density at radius 3 is 1.94 bits per heavy atom. The minimum absolute atomic E-state index is 0.110. The van der Waals surface area contributed by atoms with Crippen molar-refractivity contribution < 1.29 is 23.8 Å². The third kappa shape index (κ3) is 5.02. The van der Waals surface area contributed by atoms with E-state index in [1.54, 1.807) is 30.3 Å².